The molecular formula is C16H25N3O. The molecule has 110 valence electrons. The molecule has 20 heavy (non-hydrogen) atoms. The summed E-state index contributed by atoms with van der Waals surface area (Å²) in [5, 5.41) is 3.36. The van der Waals surface area contributed by atoms with Crippen molar-refractivity contribution in [2.45, 2.75) is 19.0 Å². The van der Waals surface area contributed by atoms with E-state index in [0.29, 0.717) is 6.04 Å². The molecule has 4 nitrogen and oxygen atoms in total. The lowest BCUT2D eigenvalue weighted by Crippen LogP contribution is -2.61. The van der Waals surface area contributed by atoms with Gasteiger partial charge < -0.3 is 10.1 Å². The van der Waals surface area contributed by atoms with Crippen LogP contribution in [0.5, 0.6) is 5.75 Å². The van der Waals surface area contributed by atoms with Crippen molar-refractivity contribution in [3.05, 3.63) is 29.8 Å². The van der Waals surface area contributed by atoms with Gasteiger partial charge in [-0.25, -0.2) is 0 Å². The van der Waals surface area contributed by atoms with Gasteiger partial charge in [0.2, 0.25) is 0 Å². The van der Waals surface area contributed by atoms with E-state index in [4.69, 9.17) is 4.74 Å². The summed E-state index contributed by atoms with van der Waals surface area (Å²) in [6.07, 6.45) is 0. The number of rotatable bonds is 4. The average molecular weight is 275 g/mol. The van der Waals surface area contributed by atoms with Crippen molar-refractivity contribution in [1.29, 1.82) is 0 Å². The molecule has 2 aliphatic heterocycles. The highest BCUT2D eigenvalue weighted by atomic mass is 16.5. The van der Waals surface area contributed by atoms with Crippen LogP contribution in [0.2, 0.25) is 0 Å². The summed E-state index contributed by atoms with van der Waals surface area (Å²) in [7, 11) is 1.72. The molecule has 1 N–H and O–H groups in total. The van der Waals surface area contributed by atoms with Crippen LogP contribution < -0.4 is 10.1 Å². The predicted octanol–water partition coefficient (Wildman–Crippen LogP) is 1.35. The maximum atomic E-state index is 5.23. The van der Waals surface area contributed by atoms with E-state index < -0.39 is 0 Å². The monoisotopic (exact) mass is 275 g/mol. The highest BCUT2D eigenvalue weighted by Gasteiger charge is 2.29. The summed E-state index contributed by atoms with van der Waals surface area (Å²) in [4.78, 5) is 5.22. The standard InChI is InChI=1S/C16H25N3O/c1-13(14-3-5-16(20-2)6-4-14)18-7-9-19(10-8-18)15-11-17-12-15/h3-6,13,15,17H,7-12H2,1-2H3. The van der Waals surface area contributed by atoms with Crippen LogP contribution in [0.25, 0.3) is 0 Å². The molecule has 2 fully saturated rings. The van der Waals surface area contributed by atoms with E-state index in [2.05, 4.69) is 46.3 Å². The van der Waals surface area contributed by atoms with Crippen LogP contribution in [-0.4, -0.2) is 62.2 Å². The van der Waals surface area contributed by atoms with Gasteiger partial charge in [-0.15, -0.1) is 0 Å². The smallest absolute Gasteiger partial charge is 0.118 e. The fourth-order valence-electron chi connectivity index (χ4n) is 3.11. The fraction of sp³-hybridized carbons (Fsp3) is 0.625. The number of ether oxygens (including phenoxy) is 1. The average Bonchev–Trinajstić information content (AvgIpc) is 2.46. The summed E-state index contributed by atoms with van der Waals surface area (Å²) >= 11 is 0. The molecule has 1 aromatic carbocycles. The minimum absolute atomic E-state index is 0.488. The maximum absolute atomic E-state index is 5.23. The molecule has 0 bridgehead atoms. The molecule has 2 heterocycles. The molecule has 0 aromatic heterocycles. The van der Waals surface area contributed by atoms with Gasteiger partial charge in [0.1, 0.15) is 5.75 Å². The van der Waals surface area contributed by atoms with Crippen molar-refractivity contribution >= 4 is 0 Å². The highest BCUT2D eigenvalue weighted by Crippen LogP contribution is 2.24. The Morgan fingerprint density at radius 1 is 1.10 bits per heavy atom. The number of hydrogen-bond acceptors (Lipinski definition) is 4. The Kier molecular flexibility index (Phi) is 4.24. The number of hydrogen-bond donors (Lipinski definition) is 1. The van der Waals surface area contributed by atoms with Gasteiger partial charge in [-0.05, 0) is 24.6 Å². The number of methoxy groups -OCH3 is 1. The molecule has 1 atom stereocenters. The molecule has 2 aliphatic rings. The zero-order chi connectivity index (χ0) is 13.9. The van der Waals surface area contributed by atoms with Crippen molar-refractivity contribution in [2.24, 2.45) is 0 Å². The van der Waals surface area contributed by atoms with Crippen molar-refractivity contribution < 1.29 is 4.74 Å². The normalized spacial score (nSPS) is 23.3. The molecule has 0 radical (unpaired) electrons. The first kappa shape index (κ1) is 13.9. The van der Waals surface area contributed by atoms with Gasteiger partial charge in [0.25, 0.3) is 0 Å². The number of nitrogens with one attached hydrogen (secondary N) is 1. The van der Waals surface area contributed by atoms with Crippen molar-refractivity contribution in [2.75, 3.05) is 46.4 Å². The largest absolute Gasteiger partial charge is 0.497 e. The third kappa shape index (κ3) is 2.82. The first-order valence-electron chi connectivity index (χ1n) is 7.60. The summed E-state index contributed by atoms with van der Waals surface area (Å²) in [5.74, 6) is 0.934. The lowest BCUT2D eigenvalue weighted by Gasteiger charge is -2.44. The van der Waals surface area contributed by atoms with Gasteiger partial charge in [-0.3, -0.25) is 9.80 Å². The second-order valence-corrected chi connectivity index (χ2v) is 5.83. The Balaban J connectivity index is 1.56. The Labute approximate surface area is 121 Å². The van der Waals surface area contributed by atoms with Crippen LogP contribution in [0.3, 0.4) is 0 Å². The van der Waals surface area contributed by atoms with E-state index in [1.165, 1.54) is 44.8 Å². The van der Waals surface area contributed by atoms with E-state index >= 15 is 0 Å². The summed E-state index contributed by atoms with van der Waals surface area (Å²) < 4.78 is 5.23. The number of nitrogens with zero attached hydrogens (tertiary/aromatic N) is 2. The van der Waals surface area contributed by atoms with Crippen LogP contribution >= 0.6 is 0 Å². The zero-order valence-corrected chi connectivity index (χ0v) is 12.5. The molecule has 3 rings (SSSR count). The molecule has 0 aliphatic carbocycles. The van der Waals surface area contributed by atoms with Crippen molar-refractivity contribution in [3.8, 4) is 5.75 Å². The molecular weight excluding hydrogens is 250 g/mol. The first-order valence-corrected chi connectivity index (χ1v) is 7.60. The summed E-state index contributed by atoms with van der Waals surface area (Å²) in [6, 6.07) is 9.76. The van der Waals surface area contributed by atoms with Gasteiger partial charge in [0.15, 0.2) is 0 Å². The summed E-state index contributed by atoms with van der Waals surface area (Å²) in [6.45, 7) is 9.40. The van der Waals surface area contributed by atoms with Crippen LogP contribution in [0.1, 0.15) is 18.5 Å². The van der Waals surface area contributed by atoms with Crippen LogP contribution in [0, 0.1) is 0 Å². The third-order valence-electron chi connectivity index (χ3n) is 4.77. The molecule has 0 amide bonds. The van der Waals surface area contributed by atoms with Crippen LogP contribution in [0.4, 0.5) is 0 Å². The molecule has 4 heteroatoms. The quantitative estimate of drug-likeness (QED) is 0.897. The van der Waals surface area contributed by atoms with Gasteiger partial charge in [-0.1, -0.05) is 12.1 Å². The Hall–Kier alpha value is -1.10. The minimum Gasteiger partial charge on any atom is -0.497 e. The second-order valence-electron chi connectivity index (χ2n) is 5.83. The predicted molar refractivity (Wildman–Crippen MR) is 81.2 cm³/mol. The van der Waals surface area contributed by atoms with E-state index in [1.807, 2.05) is 0 Å². The fourth-order valence-corrected chi connectivity index (χ4v) is 3.11. The van der Waals surface area contributed by atoms with Gasteiger partial charge in [0, 0.05) is 51.4 Å². The minimum atomic E-state index is 0.488. The van der Waals surface area contributed by atoms with Gasteiger partial charge >= 0.3 is 0 Å². The Morgan fingerprint density at radius 3 is 2.25 bits per heavy atom. The van der Waals surface area contributed by atoms with Crippen molar-refractivity contribution in [3.63, 3.8) is 0 Å². The molecule has 2 saturated heterocycles. The molecule has 1 unspecified atom stereocenters. The van der Waals surface area contributed by atoms with Gasteiger partial charge in [-0.2, -0.15) is 0 Å². The lowest BCUT2D eigenvalue weighted by molar-refractivity contribution is 0.0552. The number of benzene rings is 1. The van der Waals surface area contributed by atoms with E-state index in [-0.39, 0.29) is 0 Å². The lowest BCUT2D eigenvalue weighted by atomic mass is 10.0. The van der Waals surface area contributed by atoms with E-state index in [9.17, 15) is 0 Å². The zero-order valence-electron chi connectivity index (χ0n) is 12.5. The maximum Gasteiger partial charge on any atom is 0.118 e. The third-order valence-corrected chi connectivity index (χ3v) is 4.77. The molecule has 1 aromatic rings. The first-order chi connectivity index (χ1) is 9.78. The van der Waals surface area contributed by atoms with Crippen LogP contribution in [-0.2, 0) is 0 Å². The Morgan fingerprint density at radius 2 is 1.75 bits per heavy atom. The topological polar surface area (TPSA) is 27.7 Å². The SMILES string of the molecule is COc1ccc(C(C)N2CCN(C3CNC3)CC2)cc1. The number of piperazine rings is 1. The van der Waals surface area contributed by atoms with E-state index in [0.717, 1.165) is 11.8 Å². The van der Waals surface area contributed by atoms with Crippen molar-refractivity contribution in [1.82, 2.24) is 15.1 Å². The highest BCUT2D eigenvalue weighted by molar-refractivity contribution is 5.28. The molecule has 0 spiro atoms. The molecule has 0 saturated carbocycles. The summed E-state index contributed by atoms with van der Waals surface area (Å²) in [5.41, 5.74) is 1.38. The second kappa shape index (κ2) is 6.12. The Bertz CT molecular complexity index is 422. The van der Waals surface area contributed by atoms with Gasteiger partial charge in [0.05, 0.1) is 7.11 Å². The van der Waals surface area contributed by atoms with Crippen LogP contribution in [0.15, 0.2) is 24.3 Å². The van der Waals surface area contributed by atoms with E-state index in [1.54, 1.807) is 7.11 Å².